The van der Waals surface area contributed by atoms with E-state index in [1.54, 1.807) is 14.2 Å². The first kappa shape index (κ1) is 15.2. The molecule has 1 aliphatic heterocycles. The minimum absolute atomic E-state index is 0.151. The summed E-state index contributed by atoms with van der Waals surface area (Å²) in [6, 6.07) is 5.68. The van der Waals surface area contributed by atoms with Crippen LogP contribution < -0.4 is 20.5 Å². The van der Waals surface area contributed by atoms with Crippen LogP contribution in [0.5, 0.6) is 11.5 Å². The quantitative estimate of drug-likeness (QED) is 0.661. The van der Waals surface area contributed by atoms with Crippen LogP contribution in [0.15, 0.2) is 35.6 Å². The van der Waals surface area contributed by atoms with Gasteiger partial charge in [0.25, 0.3) is 0 Å². The highest BCUT2D eigenvalue weighted by Crippen LogP contribution is 2.29. The molecule has 1 unspecified atom stereocenters. The summed E-state index contributed by atoms with van der Waals surface area (Å²) in [6.45, 7) is 0.924. The van der Waals surface area contributed by atoms with E-state index >= 15 is 0 Å². The van der Waals surface area contributed by atoms with Crippen molar-refractivity contribution in [3.8, 4) is 11.5 Å². The Morgan fingerprint density at radius 2 is 2.17 bits per heavy atom. The van der Waals surface area contributed by atoms with Gasteiger partial charge in [0.15, 0.2) is 17.5 Å². The molecule has 0 saturated carbocycles. The first-order valence-electron chi connectivity index (χ1n) is 7.52. The number of hydrogen-bond donors (Lipinski definition) is 2. The topological polar surface area (TPSA) is 86.7 Å². The van der Waals surface area contributed by atoms with Crippen molar-refractivity contribution in [1.82, 2.24) is 9.55 Å². The molecular weight excluding hydrogens is 294 g/mol. The molecule has 122 valence electrons. The number of aryl methyl sites for hydroxylation is 1. The van der Waals surface area contributed by atoms with Gasteiger partial charge in [0.1, 0.15) is 5.82 Å². The van der Waals surface area contributed by atoms with Gasteiger partial charge >= 0.3 is 0 Å². The number of aliphatic imine (C=N–C) groups is 1. The number of ether oxygens (including phenoxy) is 2. The number of nitrogens with one attached hydrogen (secondary N) is 1. The summed E-state index contributed by atoms with van der Waals surface area (Å²) >= 11 is 0. The summed E-state index contributed by atoms with van der Waals surface area (Å²) in [4.78, 5) is 8.91. The Balaban J connectivity index is 1.68. The molecule has 1 aromatic heterocycles. The van der Waals surface area contributed by atoms with Crippen LogP contribution in [0.4, 0.5) is 5.69 Å². The number of aromatic nitrogens is 2. The summed E-state index contributed by atoms with van der Waals surface area (Å²) in [7, 11) is 3.21. The minimum Gasteiger partial charge on any atom is -0.493 e. The van der Waals surface area contributed by atoms with Crippen LogP contribution in [0.2, 0.25) is 0 Å². The Bertz CT molecular complexity index is 710. The fourth-order valence-electron chi connectivity index (χ4n) is 2.74. The number of imidazole rings is 1. The van der Waals surface area contributed by atoms with Gasteiger partial charge < -0.3 is 25.1 Å². The molecule has 2 heterocycles. The number of guanidine groups is 1. The second-order valence-corrected chi connectivity index (χ2v) is 5.39. The lowest BCUT2D eigenvalue weighted by atomic mass is 10.1. The molecule has 2 aromatic rings. The molecule has 7 heteroatoms. The highest BCUT2D eigenvalue weighted by Gasteiger charge is 2.18. The summed E-state index contributed by atoms with van der Waals surface area (Å²) in [5, 5.41) is 3.10. The lowest BCUT2D eigenvalue weighted by Gasteiger charge is -2.20. The SMILES string of the molecule is COc1ccc(NC(N)=NC2CCn3ccnc3C2)cc1OC. The maximum absolute atomic E-state index is 6.03. The van der Waals surface area contributed by atoms with Gasteiger partial charge in [-0.05, 0) is 18.6 Å². The second-order valence-electron chi connectivity index (χ2n) is 5.39. The molecule has 1 atom stereocenters. The first-order valence-corrected chi connectivity index (χ1v) is 7.52. The molecule has 23 heavy (non-hydrogen) atoms. The standard InChI is InChI=1S/C16H21N5O2/c1-22-13-4-3-11(9-14(13)23-2)19-16(17)20-12-5-7-21-8-6-18-15(21)10-12/h3-4,6,8-9,12H,5,7,10H2,1-2H3,(H3,17,19,20). The van der Waals surface area contributed by atoms with Crippen LogP contribution in [-0.2, 0) is 13.0 Å². The highest BCUT2D eigenvalue weighted by atomic mass is 16.5. The predicted octanol–water partition coefficient (Wildman–Crippen LogP) is 1.64. The lowest BCUT2D eigenvalue weighted by Crippen LogP contribution is -2.29. The Labute approximate surface area is 135 Å². The van der Waals surface area contributed by atoms with E-state index in [9.17, 15) is 0 Å². The third-order valence-electron chi connectivity index (χ3n) is 3.90. The molecule has 0 bridgehead atoms. The second kappa shape index (κ2) is 6.60. The normalized spacial score (nSPS) is 17.5. The number of fused-ring (bicyclic) bond motifs is 1. The zero-order valence-corrected chi connectivity index (χ0v) is 13.3. The van der Waals surface area contributed by atoms with Crippen molar-refractivity contribution in [3.05, 3.63) is 36.4 Å². The van der Waals surface area contributed by atoms with Crippen molar-refractivity contribution in [3.63, 3.8) is 0 Å². The largest absolute Gasteiger partial charge is 0.493 e. The Morgan fingerprint density at radius 1 is 1.35 bits per heavy atom. The number of benzene rings is 1. The van der Waals surface area contributed by atoms with Crippen LogP contribution in [0.1, 0.15) is 12.2 Å². The van der Waals surface area contributed by atoms with Gasteiger partial charge in [-0.15, -0.1) is 0 Å². The minimum atomic E-state index is 0.151. The van der Waals surface area contributed by atoms with Gasteiger partial charge in [-0.3, -0.25) is 0 Å². The van der Waals surface area contributed by atoms with Gasteiger partial charge in [-0.2, -0.15) is 0 Å². The number of nitrogens with two attached hydrogens (primary N) is 1. The fraction of sp³-hybridized carbons (Fsp3) is 0.375. The van der Waals surface area contributed by atoms with Crippen LogP contribution in [0.3, 0.4) is 0 Å². The van der Waals surface area contributed by atoms with E-state index in [0.717, 1.165) is 30.9 Å². The summed E-state index contributed by atoms with van der Waals surface area (Å²) in [6.07, 6.45) is 5.59. The van der Waals surface area contributed by atoms with Gasteiger partial charge in [0, 0.05) is 37.1 Å². The Kier molecular flexibility index (Phi) is 4.36. The van der Waals surface area contributed by atoms with E-state index < -0.39 is 0 Å². The number of hydrogen-bond acceptors (Lipinski definition) is 4. The molecule has 0 saturated heterocycles. The highest BCUT2D eigenvalue weighted by molar-refractivity contribution is 5.92. The molecule has 0 fully saturated rings. The van der Waals surface area contributed by atoms with Gasteiger partial charge in [-0.25, -0.2) is 9.98 Å². The maximum atomic E-state index is 6.03. The van der Waals surface area contributed by atoms with Crippen LogP contribution in [0.25, 0.3) is 0 Å². The van der Waals surface area contributed by atoms with Crippen molar-refractivity contribution in [2.45, 2.75) is 25.4 Å². The van der Waals surface area contributed by atoms with E-state index in [-0.39, 0.29) is 6.04 Å². The smallest absolute Gasteiger partial charge is 0.193 e. The molecule has 3 N–H and O–H groups in total. The van der Waals surface area contributed by atoms with Crippen molar-refractivity contribution in [2.75, 3.05) is 19.5 Å². The molecule has 0 aliphatic carbocycles. The summed E-state index contributed by atoms with van der Waals surface area (Å²) in [5.41, 5.74) is 6.84. The van der Waals surface area contributed by atoms with Crippen molar-refractivity contribution >= 4 is 11.6 Å². The summed E-state index contributed by atoms with van der Waals surface area (Å²) < 4.78 is 12.7. The third-order valence-corrected chi connectivity index (χ3v) is 3.90. The van der Waals surface area contributed by atoms with E-state index in [4.69, 9.17) is 15.2 Å². The van der Waals surface area contributed by atoms with Crippen molar-refractivity contribution < 1.29 is 9.47 Å². The van der Waals surface area contributed by atoms with Crippen LogP contribution >= 0.6 is 0 Å². The third kappa shape index (κ3) is 3.39. The number of methoxy groups -OCH3 is 2. The first-order chi connectivity index (χ1) is 11.2. The molecule has 3 rings (SSSR count). The zero-order valence-electron chi connectivity index (χ0n) is 13.3. The van der Waals surface area contributed by atoms with E-state index in [0.29, 0.717) is 17.5 Å². The lowest BCUT2D eigenvalue weighted by molar-refractivity contribution is 0.355. The number of rotatable bonds is 4. The molecule has 1 aromatic carbocycles. The molecular formula is C16H21N5O2. The van der Waals surface area contributed by atoms with E-state index in [2.05, 4.69) is 19.9 Å². The van der Waals surface area contributed by atoms with Crippen LogP contribution in [-0.4, -0.2) is 35.8 Å². The Hall–Kier alpha value is -2.70. The molecule has 0 spiro atoms. The van der Waals surface area contributed by atoms with Gasteiger partial charge in [0.2, 0.25) is 0 Å². The molecule has 0 radical (unpaired) electrons. The molecule has 1 aliphatic rings. The van der Waals surface area contributed by atoms with Gasteiger partial charge in [-0.1, -0.05) is 0 Å². The van der Waals surface area contributed by atoms with Gasteiger partial charge in [0.05, 0.1) is 20.3 Å². The van der Waals surface area contributed by atoms with Crippen molar-refractivity contribution in [1.29, 1.82) is 0 Å². The predicted molar refractivity (Wildman–Crippen MR) is 89.1 cm³/mol. The van der Waals surface area contributed by atoms with E-state index in [1.807, 2.05) is 30.6 Å². The average Bonchev–Trinajstić information content (AvgIpc) is 3.02. The number of anilines is 1. The molecule has 7 nitrogen and oxygen atoms in total. The fourth-order valence-corrected chi connectivity index (χ4v) is 2.74. The van der Waals surface area contributed by atoms with Crippen LogP contribution in [0, 0.1) is 0 Å². The monoisotopic (exact) mass is 315 g/mol. The maximum Gasteiger partial charge on any atom is 0.193 e. The van der Waals surface area contributed by atoms with Crippen molar-refractivity contribution in [2.24, 2.45) is 10.7 Å². The Morgan fingerprint density at radius 3 is 2.96 bits per heavy atom. The molecule has 0 amide bonds. The van der Waals surface area contributed by atoms with E-state index in [1.165, 1.54) is 0 Å². The average molecular weight is 315 g/mol. The number of nitrogens with zero attached hydrogens (tertiary/aromatic N) is 3. The zero-order chi connectivity index (χ0) is 16.2. The summed E-state index contributed by atoms with van der Waals surface area (Å²) in [5.74, 6) is 2.77.